The lowest BCUT2D eigenvalue weighted by atomic mass is 10.0. The summed E-state index contributed by atoms with van der Waals surface area (Å²) in [6.07, 6.45) is 0. The number of hydrogen-bond acceptors (Lipinski definition) is 4. The van der Waals surface area contributed by atoms with E-state index in [1.54, 1.807) is 26.2 Å². The number of ether oxygens (including phenoxy) is 2. The zero-order valence-corrected chi connectivity index (χ0v) is 16.8. The summed E-state index contributed by atoms with van der Waals surface area (Å²) in [6.45, 7) is 8.21. The van der Waals surface area contributed by atoms with E-state index in [1.807, 2.05) is 45.0 Å². The highest BCUT2D eigenvalue weighted by atomic mass is 32.2. The van der Waals surface area contributed by atoms with E-state index in [2.05, 4.69) is 4.72 Å². The molecule has 2 aromatic carbocycles. The van der Waals surface area contributed by atoms with Gasteiger partial charge in [0, 0.05) is 6.54 Å². The van der Waals surface area contributed by atoms with E-state index in [4.69, 9.17) is 9.47 Å². The van der Waals surface area contributed by atoms with Crippen molar-refractivity contribution in [3.05, 3.63) is 53.1 Å². The first-order valence-corrected chi connectivity index (χ1v) is 10.1. The van der Waals surface area contributed by atoms with Gasteiger partial charge in [0.05, 0.1) is 12.0 Å². The van der Waals surface area contributed by atoms with Crippen LogP contribution >= 0.6 is 0 Å². The van der Waals surface area contributed by atoms with Crippen molar-refractivity contribution in [3.63, 3.8) is 0 Å². The molecule has 142 valence electrons. The Labute approximate surface area is 156 Å². The molecule has 0 radical (unpaired) electrons. The van der Waals surface area contributed by atoms with Crippen LogP contribution in [0.2, 0.25) is 0 Å². The lowest BCUT2D eigenvalue weighted by molar-refractivity contribution is 0.322. The molecule has 0 atom stereocenters. The summed E-state index contributed by atoms with van der Waals surface area (Å²) in [5.74, 6) is 1.59. The van der Waals surface area contributed by atoms with Gasteiger partial charge in [-0.05, 0) is 60.7 Å². The van der Waals surface area contributed by atoms with E-state index in [0.717, 1.165) is 16.9 Å². The summed E-state index contributed by atoms with van der Waals surface area (Å²) in [7, 11) is -2.03. The molecule has 1 N–H and O–H groups in total. The summed E-state index contributed by atoms with van der Waals surface area (Å²) < 4.78 is 39.0. The van der Waals surface area contributed by atoms with Gasteiger partial charge in [-0.15, -0.1) is 0 Å². The quantitative estimate of drug-likeness (QED) is 0.711. The summed E-state index contributed by atoms with van der Waals surface area (Å²) >= 11 is 0. The standard InChI is InChI=1S/C20H27NO4S/c1-14(2)18-13-20(16(4)12-19(18)24-5)26(22,23)21-9-10-25-17-8-6-7-15(3)11-17/h6-8,11-14,21H,9-10H2,1-5H3. The van der Waals surface area contributed by atoms with Gasteiger partial charge < -0.3 is 9.47 Å². The van der Waals surface area contributed by atoms with Gasteiger partial charge in [-0.2, -0.15) is 0 Å². The molecular formula is C20H27NO4S. The van der Waals surface area contributed by atoms with E-state index < -0.39 is 10.0 Å². The van der Waals surface area contributed by atoms with Crippen LogP contribution in [0.3, 0.4) is 0 Å². The molecule has 0 unspecified atom stereocenters. The lowest BCUT2D eigenvalue weighted by Gasteiger charge is -2.16. The molecule has 0 aliphatic rings. The van der Waals surface area contributed by atoms with Crippen LogP contribution in [-0.2, 0) is 10.0 Å². The van der Waals surface area contributed by atoms with Gasteiger partial charge in [-0.25, -0.2) is 13.1 Å². The van der Waals surface area contributed by atoms with Gasteiger partial charge in [0.15, 0.2) is 0 Å². The maximum Gasteiger partial charge on any atom is 0.240 e. The van der Waals surface area contributed by atoms with E-state index in [1.165, 1.54) is 0 Å². The molecule has 0 heterocycles. The number of rotatable bonds is 8. The first kappa shape index (κ1) is 20.3. The molecule has 0 fully saturated rings. The zero-order valence-electron chi connectivity index (χ0n) is 16.0. The van der Waals surface area contributed by atoms with Crippen molar-refractivity contribution in [2.75, 3.05) is 20.3 Å². The van der Waals surface area contributed by atoms with Crippen LogP contribution < -0.4 is 14.2 Å². The number of hydrogen-bond donors (Lipinski definition) is 1. The van der Waals surface area contributed by atoms with Gasteiger partial charge in [0.25, 0.3) is 0 Å². The minimum atomic E-state index is -3.62. The van der Waals surface area contributed by atoms with E-state index in [9.17, 15) is 8.42 Å². The SMILES string of the molecule is COc1cc(C)c(S(=O)(=O)NCCOc2cccc(C)c2)cc1C(C)C. The molecule has 2 aromatic rings. The molecule has 0 saturated carbocycles. The second kappa shape index (κ2) is 8.56. The van der Waals surface area contributed by atoms with Gasteiger partial charge in [0.1, 0.15) is 18.1 Å². The van der Waals surface area contributed by atoms with Crippen molar-refractivity contribution < 1.29 is 17.9 Å². The van der Waals surface area contributed by atoms with Gasteiger partial charge in [-0.1, -0.05) is 26.0 Å². The van der Waals surface area contributed by atoms with Gasteiger partial charge in [0.2, 0.25) is 10.0 Å². The third-order valence-corrected chi connectivity index (χ3v) is 5.69. The Hall–Kier alpha value is -2.05. The Morgan fingerprint density at radius 3 is 2.46 bits per heavy atom. The molecule has 26 heavy (non-hydrogen) atoms. The Balaban J connectivity index is 2.08. The van der Waals surface area contributed by atoms with Crippen molar-refractivity contribution in [3.8, 4) is 11.5 Å². The first-order chi connectivity index (χ1) is 12.2. The van der Waals surface area contributed by atoms with E-state index in [0.29, 0.717) is 11.3 Å². The minimum Gasteiger partial charge on any atom is -0.496 e. The summed E-state index contributed by atoms with van der Waals surface area (Å²) in [5, 5.41) is 0. The minimum absolute atomic E-state index is 0.157. The molecule has 6 heteroatoms. The van der Waals surface area contributed by atoms with Crippen LogP contribution in [0.5, 0.6) is 11.5 Å². The molecule has 0 saturated heterocycles. The average Bonchev–Trinajstić information content (AvgIpc) is 2.58. The topological polar surface area (TPSA) is 64.6 Å². The fraction of sp³-hybridized carbons (Fsp3) is 0.400. The molecule has 0 amide bonds. The van der Waals surface area contributed by atoms with Crippen LogP contribution in [0.1, 0.15) is 36.5 Å². The summed E-state index contributed by atoms with van der Waals surface area (Å²) in [6, 6.07) is 11.1. The fourth-order valence-electron chi connectivity index (χ4n) is 2.72. The van der Waals surface area contributed by atoms with Crippen LogP contribution in [-0.4, -0.2) is 28.7 Å². The molecule has 2 rings (SSSR count). The largest absolute Gasteiger partial charge is 0.496 e. The highest BCUT2D eigenvalue weighted by Crippen LogP contribution is 2.31. The zero-order chi connectivity index (χ0) is 19.3. The summed E-state index contributed by atoms with van der Waals surface area (Å²) in [4.78, 5) is 0.276. The number of aryl methyl sites for hydroxylation is 2. The highest BCUT2D eigenvalue weighted by molar-refractivity contribution is 7.89. The maximum atomic E-state index is 12.7. The molecule has 0 bridgehead atoms. The normalized spacial score (nSPS) is 11.6. The fourth-order valence-corrected chi connectivity index (χ4v) is 4.00. The predicted octanol–water partition coefficient (Wildman–Crippen LogP) is 3.79. The summed E-state index contributed by atoms with van der Waals surface area (Å²) in [5.41, 5.74) is 2.62. The third-order valence-electron chi connectivity index (χ3n) is 4.09. The van der Waals surface area contributed by atoms with Crippen LogP contribution in [0.4, 0.5) is 0 Å². The maximum absolute atomic E-state index is 12.7. The number of nitrogens with one attached hydrogen (secondary N) is 1. The number of benzene rings is 2. The predicted molar refractivity (Wildman–Crippen MR) is 104 cm³/mol. The van der Waals surface area contributed by atoms with Crippen molar-refractivity contribution in [1.82, 2.24) is 4.72 Å². The van der Waals surface area contributed by atoms with Gasteiger partial charge >= 0.3 is 0 Å². The third kappa shape index (κ3) is 4.99. The Kier molecular flexibility index (Phi) is 6.67. The van der Waals surface area contributed by atoms with E-state index in [-0.39, 0.29) is 24.0 Å². The second-order valence-electron chi connectivity index (χ2n) is 6.58. The number of methoxy groups -OCH3 is 1. The van der Waals surface area contributed by atoms with Crippen molar-refractivity contribution in [1.29, 1.82) is 0 Å². The Bertz CT molecular complexity index is 860. The van der Waals surface area contributed by atoms with Crippen LogP contribution in [0.15, 0.2) is 41.3 Å². The average molecular weight is 378 g/mol. The van der Waals surface area contributed by atoms with E-state index >= 15 is 0 Å². The van der Waals surface area contributed by atoms with Crippen molar-refractivity contribution >= 4 is 10.0 Å². The first-order valence-electron chi connectivity index (χ1n) is 8.62. The highest BCUT2D eigenvalue weighted by Gasteiger charge is 2.20. The van der Waals surface area contributed by atoms with Crippen molar-refractivity contribution in [2.24, 2.45) is 0 Å². The number of sulfonamides is 1. The molecule has 0 aliphatic heterocycles. The molecule has 0 aliphatic carbocycles. The van der Waals surface area contributed by atoms with Crippen LogP contribution in [0.25, 0.3) is 0 Å². The second-order valence-corrected chi connectivity index (χ2v) is 8.31. The monoisotopic (exact) mass is 377 g/mol. The molecule has 0 aromatic heterocycles. The molecule has 0 spiro atoms. The van der Waals surface area contributed by atoms with Crippen LogP contribution in [0, 0.1) is 13.8 Å². The van der Waals surface area contributed by atoms with Crippen molar-refractivity contribution in [2.45, 2.75) is 38.5 Å². The molecular weight excluding hydrogens is 350 g/mol. The van der Waals surface area contributed by atoms with Gasteiger partial charge in [-0.3, -0.25) is 0 Å². The Morgan fingerprint density at radius 1 is 1.12 bits per heavy atom. The lowest BCUT2D eigenvalue weighted by Crippen LogP contribution is -2.29. The molecule has 5 nitrogen and oxygen atoms in total. The smallest absolute Gasteiger partial charge is 0.240 e. The Morgan fingerprint density at radius 2 is 1.85 bits per heavy atom.